The Bertz CT molecular complexity index is 2010. The molecule has 0 unspecified atom stereocenters. The number of carbonyl (C=O) groups is 3. The molecule has 8 N–H and O–H groups in total. The van der Waals surface area contributed by atoms with Gasteiger partial charge in [-0.25, -0.2) is 4.98 Å². The predicted molar refractivity (Wildman–Crippen MR) is 190 cm³/mol. The fourth-order valence-corrected chi connectivity index (χ4v) is 5.45. The highest BCUT2D eigenvalue weighted by Gasteiger charge is 2.25. The third-order valence-electron chi connectivity index (χ3n) is 7.95. The van der Waals surface area contributed by atoms with Crippen LogP contribution in [0.5, 0.6) is 0 Å². The lowest BCUT2D eigenvalue weighted by Crippen LogP contribution is -2.37. The van der Waals surface area contributed by atoms with Gasteiger partial charge in [0.1, 0.15) is 11.9 Å². The summed E-state index contributed by atoms with van der Waals surface area (Å²) in [5.41, 5.74) is 10.5. The first-order valence-electron chi connectivity index (χ1n) is 16.1. The molecule has 0 bridgehead atoms. The number of nitrogens with two attached hydrogens (primary N) is 1. The maximum absolute atomic E-state index is 13.6. The first-order chi connectivity index (χ1) is 23.8. The maximum Gasteiger partial charge on any atom is 0.303 e. The summed E-state index contributed by atoms with van der Waals surface area (Å²) in [6.45, 7) is 3.71. The first-order valence-corrected chi connectivity index (χ1v) is 16.1. The summed E-state index contributed by atoms with van der Waals surface area (Å²) in [6.07, 6.45) is 9.05. The van der Waals surface area contributed by atoms with Crippen molar-refractivity contribution in [1.82, 2.24) is 30.6 Å². The number of pyridine rings is 1. The zero-order valence-corrected chi connectivity index (χ0v) is 27.2. The van der Waals surface area contributed by atoms with E-state index in [9.17, 15) is 14.4 Å². The van der Waals surface area contributed by atoms with Gasteiger partial charge < -0.3 is 36.8 Å². The number of rotatable bonds is 14. The topological polar surface area (TPSA) is 191 Å². The second kappa shape index (κ2) is 16.7. The second-order valence-electron chi connectivity index (χ2n) is 11.4. The zero-order chi connectivity index (χ0) is 34.6. The highest BCUT2D eigenvalue weighted by atomic mass is 16.4. The number of hydrogen-bond donors (Lipinski definition) is 7. The Kier molecular flexibility index (Phi) is 11.7. The number of benzene rings is 3. The summed E-state index contributed by atoms with van der Waals surface area (Å²) in [7, 11) is 0. The van der Waals surface area contributed by atoms with Crippen LogP contribution in [0.1, 0.15) is 65.2 Å². The summed E-state index contributed by atoms with van der Waals surface area (Å²) in [5.74, 6) is -0.883. The van der Waals surface area contributed by atoms with Crippen molar-refractivity contribution in [2.24, 2.45) is 5.73 Å². The molecule has 0 radical (unpaired) electrons. The highest BCUT2D eigenvalue weighted by Crippen LogP contribution is 2.29. The number of nitrogens with one attached hydrogen (secondary N) is 5. The van der Waals surface area contributed by atoms with Crippen LogP contribution in [0, 0.1) is 0 Å². The van der Waals surface area contributed by atoms with E-state index in [1.165, 1.54) is 0 Å². The molecule has 49 heavy (non-hydrogen) atoms. The largest absolute Gasteiger partial charge is 0.481 e. The number of carbonyl (C=O) groups excluding carboxylic acids is 2. The molecule has 0 aliphatic carbocycles. The van der Waals surface area contributed by atoms with Crippen LogP contribution in [0.4, 0.5) is 5.69 Å². The summed E-state index contributed by atoms with van der Waals surface area (Å²) >= 11 is 0. The van der Waals surface area contributed by atoms with E-state index in [1.54, 1.807) is 30.9 Å². The molecule has 0 aliphatic heterocycles. The molecule has 2 amide bonds. The minimum absolute atomic E-state index is 0.316. The molecule has 6 aromatic rings. The lowest BCUT2D eigenvalue weighted by Gasteiger charge is -2.17. The van der Waals surface area contributed by atoms with Crippen LogP contribution in [0.3, 0.4) is 0 Å². The van der Waals surface area contributed by atoms with Crippen LogP contribution < -0.4 is 21.7 Å². The van der Waals surface area contributed by atoms with Gasteiger partial charge in [-0.2, -0.15) is 0 Å². The summed E-state index contributed by atoms with van der Waals surface area (Å²) in [5, 5.41) is 20.2. The molecule has 3 heterocycles. The monoisotopic (exact) mass is 660 g/mol. The third kappa shape index (κ3) is 9.08. The van der Waals surface area contributed by atoms with Crippen LogP contribution in [0.2, 0.25) is 0 Å². The van der Waals surface area contributed by atoms with Crippen LogP contribution in [-0.2, 0) is 29.2 Å². The minimum Gasteiger partial charge on any atom is -0.481 e. The number of amides is 2. The molecular weight excluding hydrogens is 620 g/mol. The van der Waals surface area contributed by atoms with E-state index in [0.29, 0.717) is 37.2 Å². The number of unbranched alkanes of at least 4 members (excludes halogenated alkanes) is 1. The fraction of sp³-hybridized carbons (Fsp3) is 0.216. The van der Waals surface area contributed by atoms with Crippen molar-refractivity contribution in [2.45, 2.75) is 51.9 Å². The lowest BCUT2D eigenvalue weighted by atomic mass is 9.98. The SMILES string of the molecule is CCCCC(=O)O.NC(=O)[C@@H](NC(=O)c1ccc(CNCc2ncc[nH]2)c2ccccc12)c1c[nH]c2ccc(NCc3ccccn3)cc12. The van der Waals surface area contributed by atoms with Gasteiger partial charge in [0.25, 0.3) is 5.91 Å². The molecule has 0 aliphatic rings. The molecule has 3 aromatic heterocycles. The second-order valence-corrected chi connectivity index (χ2v) is 11.4. The van der Waals surface area contributed by atoms with Gasteiger partial charge in [-0.05, 0) is 59.2 Å². The Morgan fingerprint density at radius 3 is 2.39 bits per heavy atom. The number of aromatic amines is 2. The van der Waals surface area contributed by atoms with Gasteiger partial charge in [0.05, 0.1) is 18.8 Å². The molecule has 0 saturated carbocycles. The molecule has 0 fully saturated rings. The Morgan fingerprint density at radius 1 is 0.878 bits per heavy atom. The van der Waals surface area contributed by atoms with Gasteiger partial charge in [0, 0.05) is 65.5 Å². The molecule has 6 rings (SSSR count). The standard InChI is InChI=1S/C32H30N8O2.C5H10O2/c33-31(41)30(27-18-39-28-11-9-21(15-26(27)28)38-17-22-5-3-4-12-35-22)40-32(42)25-10-8-20(23-6-1-2-7-24(23)25)16-34-19-29-36-13-14-37-29;1-2-3-4-5(6)7/h1-15,18,30,34,38-39H,16-17,19H2,(H2,33,41)(H,36,37)(H,40,42);2-4H2,1H3,(H,6,7)/t30-;/m0./s1. The van der Waals surface area contributed by atoms with Crippen molar-refractivity contribution in [1.29, 1.82) is 0 Å². The number of primary amides is 1. The molecule has 0 spiro atoms. The smallest absolute Gasteiger partial charge is 0.303 e. The van der Waals surface area contributed by atoms with E-state index in [-0.39, 0.29) is 5.91 Å². The van der Waals surface area contributed by atoms with E-state index in [1.807, 2.05) is 73.7 Å². The maximum atomic E-state index is 13.6. The minimum atomic E-state index is -1.04. The van der Waals surface area contributed by atoms with Crippen LogP contribution in [-0.4, -0.2) is 42.8 Å². The summed E-state index contributed by atoms with van der Waals surface area (Å²) in [4.78, 5) is 50.9. The number of aliphatic carboxylic acids is 1. The predicted octanol–water partition coefficient (Wildman–Crippen LogP) is 5.56. The number of carboxylic acids is 1. The number of fused-ring (bicyclic) bond motifs is 2. The van der Waals surface area contributed by atoms with E-state index in [2.05, 4.69) is 35.9 Å². The number of hydrogen-bond acceptors (Lipinski definition) is 7. The zero-order valence-electron chi connectivity index (χ0n) is 27.2. The quantitative estimate of drug-likeness (QED) is 0.0790. The Morgan fingerprint density at radius 2 is 1.69 bits per heavy atom. The van der Waals surface area contributed by atoms with Crippen molar-refractivity contribution in [3.63, 3.8) is 0 Å². The average molecular weight is 661 g/mol. The van der Waals surface area contributed by atoms with Crippen molar-refractivity contribution in [2.75, 3.05) is 5.32 Å². The van der Waals surface area contributed by atoms with Gasteiger partial charge in [-0.15, -0.1) is 0 Å². The number of nitrogens with zero attached hydrogens (tertiary/aromatic N) is 2. The Hall–Kier alpha value is -6.01. The number of aromatic nitrogens is 4. The van der Waals surface area contributed by atoms with Crippen LogP contribution >= 0.6 is 0 Å². The van der Waals surface area contributed by atoms with Gasteiger partial charge in [-0.1, -0.05) is 49.7 Å². The van der Waals surface area contributed by atoms with Crippen molar-refractivity contribution < 1.29 is 19.5 Å². The van der Waals surface area contributed by atoms with E-state index >= 15 is 0 Å². The van der Waals surface area contributed by atoms with E-state index in [4.69, 9.17) is 10.8 Å². The molecule has 3 aromatic carbocycles. The van der Waals surface area contributed by atoms with Gasteiger partial charge >= 0.3 is 5.97 Å². The van der Waals surface area contributed by atoms with E-state index < -0.39 is 17.9 Å². The van der Waals surface area contributed by atoms with E-state index in [0.717, 1.165) is 57.3 Å². The van der Waals surface area contributed by atoms with Crippen molar-refractivity contribution in [3.8, 4) is 0 Å². The first kappa shape index (κ1) is 34.3. The molecule has 0 saturated heterocycles. The Labute approximate surface area is 283 Å². The normalized spacial score (nSPS) is 11.4. The molecule has 12 nitrogen and oxygen atoms in total. The lowest BCUT2D eigenvalue weighted by molar-refractivity contribution is -0.137. The molecule has 12 heteroatoms. The van der Waals surface area contributed by atoms with Crippen LogP contribution in [0.15, 0.2) is 97.6 Å². The third-order valence-corrected chi connectivity index (χ3v) is 7.95. The molecule has 252 valence electrons. The van der Waals surface area contributed by atoms with Crippen molar-refractivity contribution >= 4 is 45.1 Å². The molecular formula is C37H40N8O4. The number of carboxylic acid groups (broad SMARTS) is 1. The number of H-pyrrole nitrogens is 2. The summed E-state index contributed by atoms with van der Waals surface area (Å²) < 4.78 is 0. The van der Waals surface area contributed by atoms with Crippen molar-refractivity contribution in [3.05, 3.63) is 126 Å². The average Bonchev–Trinajstić information content (AvgIpc) is 3.79. The van der Waals surface area contributed by atoms with Gasteiger partial charge in [0.15, 0.2) is 0 Å². The number of imidazole rings is 1. The van der Waals surface area contributed by atoms with Gasteiger partial charge in [-0.3, -0.25) is 19.4 Å². The van der Waals surface area contributed by atoms with Gasteiger partial charge in [0.2, 0.25) is 5.91 Å². The molecule has 1 atom stereocenters. The van der Waals surface area contributed by atoms with Crippen LogP contribution in [0.25, 0.3) is 21.7 Å². The number of anilines is 1. The summed E-state index contributed by atoms with van der Waals surface area (Å²) in [6, 6.07) is 22.0. The fourth-order valence-electron chi connectivity index (χ4n) is 5.45. The Balaban J connectivity index is 0.000000606. The highest BCUT2D eigenvalue weighted by molar-refractivity contribution is 6.09.